The van der Waals surface area contributed by atoms with E-state index in [1.807, 2.05) is 0 Å². The summed E-state index contributed by atoms with van der Waals surface area (Å²) in [6.45, 7) is 2.33. The van der Waals surface area contributed by atoms with E-state index >= 15 is 0 Å². The molecule has 0 saturated heterocycles. The van der Waals surface area contributed by atoms with Crippen molar-refractivity contribution in [1.82, 2.24) is 5.32 Å². The molecule has 4 nitrogen and oxygen atoms in total. The molecule has 13 heavy (non-hydrogen) atoms. The Morgan fingerprint density at radius 2 is 2.31 bits per heavy atom. The first kappa shape index (κ1) is 9.38. The fourth-order valence-electron chi connectivity index (χ4n) is 0.991. The van der Waals surface area contributed by atoms with Gasteiger partial charge in [-0.3, -0.25) is 4.79 Å². The number of phenolic OH excluding ortho intramolecular Hbond substituents is 1. The lowest BCUT2D eigenvalue weighted by atomic mass is 10.1. The number of nitrogens with one attached hydrogen (secondary N) is 1. The lowest BCUT2D eigenvalue weighted by molar-refractivity contribution is 0.0953. The molecule has 0 unspecified atom stereocenters. The number of phenols is 1. The Morgan fingerprint density at radius 1 is 1.62 bits per heavy atom. The van der Waals surface area contributed by atoms with Gasteiger partial charge >= 0.3 is 0 Å². The van der Waals surface area contributed by atoms with Gasteiger partial charge in [-0.1, -0.05) is 0 Å². The number of aromatic hydroxyl groups is 1. The summed E-state index contributed by atoms with van der Waals surface area (Å²) < 4.78 is 0. The van der Waals surface area contributed by atoms with Crippen molar-refractivity contribution in [3.05, 3.63) is 23.8 Å². The van der Waals surface area contributed by atoms with Gasteiger partial charge in [0.1, 0.15) is 5.75 Å². The summed E-state index contributed by atoms with van der Waals surface area (Å²) in [7, 11) is 0. The minimum absolute atomic E-state index is 0.0554. The largest absolute Gasteiger partial charge is 0.507 e. The van der Waals surface area contributed by atoms with E-state index < -0.39 is 0 Å². The van der Waals surface area contributed by atoms with Crippen LogP contribution in [0.3, 0.4) is 0 Å². The summed E-state index contributed by atoms with van der Waals surface area (Å²) >= 11 is 0. The molecule has 0 fully saturated rings. The predicted octanol–water partition coefficient (Wildman–Crippen LogP) is 0.724. The van der Waals surface area contributed by atoms with Crippen LogP contribution in [0, 0.1) is 0 Å². The van der Waals surface area contributed by atoms with Crippen molar-refractivity contribution < 1.29 is 9.90 Å². The minimum atomic E-state index is -0.313. The molecule has 0 saturated carbocycles. The minimum Gasteiger partial charge on any atom is -0.507 e. The van der Waals surface area contributed by atoms with Gasteiger partial charge in [-0.25, -0.2) is 0 Å². The highest BCUT2D eigenvalue weighted by atomic mass is 16.3. The van der Waals surface area contributed by atoms with E-state index in [4.69, 9.17) is 5.73 Å². The molecular formula is C9H12N2O2. The molecule has 0 aromatic heterocycles. The Kier molecular flexibility index (Phi) is 2.74. The molecule has 4 heteroatoms. The zero-order chi connectivity index (χ0) is 9.84. The zero-order valence-corrected chi connectivity index (χ0v) is 7.37. The molecule has 1 amide bonds. The van der Waals surface area contributed by atoms with Crippen molar-refractivity contribution in [1.29, 1.82) is 0 Å². The summed E-state index contributed by atoms with van der Waals surface area (Å²) in [5.74, 6) is -0.368. The number of hydrogen-bond donors (Lipinski definition) is 3. The molecular weight excluding hydrogens is 168 g/mol. The monoisotopic (exact) mass is 180 g/mol. The number of benzene rings is 1. The molecule has 4 N–H and O–H groups in total. The highest BCUT2D eigenvalue weighted by Crippen LogP contribution is 2.19. The Bertz CT molecular complexity index is 323. The topological polar surface area (TPSA) is 75.4 Å². The molecule has 0 bridgehead atoms. The van der Waals surface area contributed by atoms with Crippen LogP contribution in [0.4, 0.5) is 5.69 Å². The fraction of sp³-hybridized carbons (Fsp3) is 0.222. The van der Waals surface area contributed by atoms with Gasteiger partial charge in [0.25, 0.3) is 5.91 Å². The first-order chi connectivity index (χ1) is 6.15. The van der Waals surface area contributed by atoms with Crippen LogP contribution in [0.2, 0.25) is 0 Å². The highest BCUT2D eigenvalue weighted by Gasteiger charge is 2.09. The maximum atomic E-state index is 11.3. The molecule has 0 atom stereocenters. The number of nitrogen functional groups attached to an aromatic ring is 1. The molecule has 70 valence electrons. The average molecular weight is 180 g/mol. The summed E-state index contributed by atoms with van der Waals surface area (Å²) in [6, 6.07) is 4.39. The fourth-order valence-corrected chi connectivity index (χ4v) is 0.991. The number of rotatable bonds is 2. The smallest absolute Gasteiger partial charge is 0.255 e. The number of hydrogen-bond acceptors (Lipinski definition) is 3. The third kappa shape index (κ3) is 2.11. The second kappa shape index (κ2) is 3.80. The predicted molar refractivity (Wildman–Crippen MR) is 50.5 cm³/mol. The highest BCUT2D eigenvalue weighted by molar-refractivity contribution is 5.97. The zero-order valence-electron chi connectivity index (χ0n) is 7.37. The first-order valence-electron chi connectivity index (χ1n) is 4.02. The van der Waals surface area contributed by atoms with Crippen LogP contribution in [-0.4, -0.2) is 17.6 Å². The van der Waals surface area contributed by atoms with Crippen LogP contribution >= 0.6 is 0 Å². The van der Waals surface area contributed by atoms with Crippen molar-refractivity contribution >= 4 is 11.6 Å². The van der Waals surface area contributed by atoms with E-state index in [1.54, 1.807) is 6.92 Å². The molecule has 0 heterocycles. The van der Waals surface area contributed by atoms with Crippen molar-refractivity contribution in [2.45, 2.75) is 6.92 Å². The maximum Gasteiger partial charge on any atom is 0.255 e. The molecule has 0 aliphatic rings. The van der Waals surface area contributed by atoms with Gasteiger partial charge < -0.3 is 16.2 Å². The van der Waals surface area contributed by atoms with Crippen LogP contribution < -0.4 is 11.1 Å². The van der Waals surface area contributed by atoms with Crippen LogP contribution in [0.1, 0.15) is 17.3 Å². The van der Waals surface area contributed by atoms with Gasteiger partial charge in [0.05, 0.1) is 5.56 Å². The number of nitrogens with two attached hydrogens (primary N) is 1. The lowest BCUT2D eigenvalue weighted by Crippen LogP contribution is -2.22. The van der Waals surface area contributed by atoms with Gasteiger partial charge in [-0.05, 0) is 25.1 Å². The van der Waals surface area contributed by atoms with Crippen LogP contribution in [0.25, 0.3) is 0 Å². The molecule has 1 aromatic carbocycles. The Balaban J connectivity index is 2.99. The SMILES string of the molecule is CCNC(=O)c1cc(N)ccc1O. The van der Waals surface area contributed by atoms with Crippen LogP contribution in [0.15, 0.2) is 18.2 Å². The van der Waals surface area contributed by atoms with E-state index in [0.717, 1.165) is 0 Å². The van der Waals surface area contributed by atoms with Crippen LogP contribution in [0.5, 0.6) is 5.75 Å². The molecule has 0 spiro atoms. The standard InChI is InChI=1S/C9H12N2O2/c1-2-11-9(13)7-5-6(10)3-4-8(7)12/h3-5,12H,2,10H2,1H3,(H,11,13). The summed E-state index contributed by atoms with van der Waals surface area (Å²) in [5.41, 5.74) is 6.14. The molecule has 1 aromatic rings. The van der Waals surface area contributed by atoms with Crippen molar-refractivity contribution in [2.75, 3.05) is 12.3 Å². The van der Waals surface area contributed by atoms with E-state index in [-0.39, 0.29) is 17.2 Å². The summed E-state index contributed by atoms with van der Waals surface area (Å²) in [6.07, 6.45) is 0. The third-order valence-corrected chi connectivity index (χ3v) is 1.60. The van der Waals surface area contributed by atoms with Gasteiger partial charge in [0, 0.05) is 12.2 Å². The van der Waals surface area contributed by atoms with Gasteiger partial charge in [0.15, 0.2) is 0 Å². The summed E-state index contributed by atoms with van der Waals surface area (Å²) in [4.78, 5) is 11.3. The quantitative estimate of drug-likeness (QED) is 0.463. The van der Waals surface area contributed by atoms with Crippen molar-refractivity contribution in [3.8, 4) is 5.75 Å². The van der Waals surface area contributed by atoms with Crippen molar-refractivity contribution in [3.63, 3.8) is 0 Å². The first-order valence-corrected chi connectivity index (χ1v) is 4.02. The number of carbonyl (C=O) groups excluding carboxylic acids is 1. The maximum absolute atomic E-state index is 11.3. The average Bonchev–Trinajstić information content (AvgIpc) is 2.09. The lowest BCUT2D eigenvalue weighted by Gasteiger charge is -2.04. The van der Waals surface area contributed by atoms with Gasteiger partial charge in [-0.15, -0.1) is 0 Å². The second-order valence-electron chi connectivity index (χ2n) is 2.64. The third-order valence-electron chi connectivity index (χ3n) is 1.60. The number of carbonyl (C=O) groups is 1. The molecule has 0 aliphatic carbocycles. The summed E-state index contributed by atoms with van der Waals surface area (Å²) in [5, 5.41) is 11.9. The van der Waals surface area contributed by atoms with E-state index in [1.165, 1.54) is 18.2 Å². The van der Waals surface area contributed by atoms with E-state index in [9.17, 15) is 9.90 Å². The Labute approximate surface area is 76.4 Å². The van der Waals surface area contributed by atoms with Crippen LogP contribution in [-0.2, 0) is 0 Å². The van der Waals surface area contributed by atoms with Gasteiger partial charge in [-0.2, -0.15) is 0 Å². The Hall–Kier alpha value is -1.71. The van der Waals surface area contributed by atoms with E-state index in [2.05, 4.69) is 5.32 Å². The van der Waals surface area contributed by atoms with E-state index in [0.29, 0.717) is 12.2 Å². The normalized spacial score (nSPS) is 9.62. The van der Waals surface area contributed by atoms with Gasteiger partial charge in [0.2, 0.25) is 0 Å². The second-order valence-corrected chi connectivity index (χ2v) is 2.64. The van der Waals surface area contributed by atoms with Crippen molar-refractivity contribution in [2.24, 2.45) is 0 Å². The number of anilines is 1. The molecule has 0 aliphatic heterocycles. The molecule has 1 rings (SSSR count). The molecule has 0 radical (unpaired) electrons. The Morgan fingerprint density at radius 3 is 2.92 bits per heavy atom. The number of amides is 1.